The summed E-state index contributed by atoms with van der Waals surface area (Å²) in [4.78, 5) is 10.7. The Morgan fingerprint density at radius 1 is 1.19 bits per heavy atom. The fourth-order valence-electron chi connectivity index (χ4n) is 0.746. The number of rotatable bonds is 3. The van der Waals surface area contributed by atoms with E-state index in [1.165, 1.54) is 6.92 Å². The Balaban J connectivity index is 0.000000315. The van der Waals surface area contributed by atoms with E-state index in [2.05, 4.69) is 4.74 Å². The van der Waals surface area contributed by atoms with Crippen LogP contribution < -0.4 is 0 Å². The van der Waals surface area contributed by atoms with Gasteiger partial charge in [-0.25, -0.2) is 4.79 Å². The fraction of sp³-hybridized carbons (Fsp3) is 0.308. The van der Waals surface area contributed by atoms with Gasteiger partial charge in [0.1, 0.15) is 0 Å². The van der Waals surface area contributed by atoms with Gasteiger partial charge in [0.25, 0.3) is 0 Å². The van der Waals surface area contributed by atoms with Gasteiger partial charge in [0.2, 0.25) is 0 Å². The summed E-state index contributed by atoms with van der Waals surface area (Å²) in [5.41, 5.74) is 0.230. The molecule has 1 aromatic carbocycles. The molecule has 0 radical (unpaired) electrons. The third-order valence-electron chi connectivity index (χ3n) is 1.62. The van der Waals surface area contributed by atoms with Crippen LogP contribution in [0.2, 0.25) is 0 Å². The molecule has 0 atom stereocenters. The molecule has 88 valence electrons. The summed E-state index contributed by atoms with van der Waals surface area (Å²) < 4.78 is 4.68. The zero-order valence-electron chi connectivity index (χ0n) is 9.72. The minimum Gasteiger partial charge on any atom is -0.515 e. The SMILES string of the molecule is CCCOC(=O)C(C)=CO.c1ccccc1. The molecular weight excluding hydrogens is 204 g/mol. The molecule has 0 aromatic heterocycles. The number of hydrogen-bond donors (Lipinski definition) is 1. The third-order valence-corrected chi connectivity index (χ3v) is 1.62. The Hall–Kier alpha value is -1.77. The normalized spacial score (nSPS) is 10.0. The largest absolute Gasteiger partial charge is 0.515 e. The molecule has 0 fully saturated rings. The lowest BCUT2D eigenvalue weighted by molar-refractivity contribution is -0.139. The van der Waals surface area contributed by atoms with Gasteiger partial charge in [0.05, 0.1) is 18.4 Å². The number of aliphatic hydroxyl groups is 1. The van der Waals surface area contributed by atoms with Crippen molar-refractivity contribution in [3.63, 3.8) is 0 Å². The van der Waals surface area contributed by atoms with Crippen LogP contribution in [0.3, 0.4) is 0 Å². The maximum atomic E-state index is 10.7. The van der Waals surface area contributed by atoms with E-state index < -0.39 is 5.97 Å². The third kappa shape index (κ3) is 7.62. The lowest BCUT2D eigenvalue weighted by atomic mass is 10.3. The van der Waals surface area contributed by atoms with Crippen molar-refractivity contribution in [3.05, 3.63) is 48.2 Å². The summed E-state index contributed by atoms with van der Waals surface area (Å²) in [7, 11) is 0. The maximum Gasteiger partial charge on any atom is 0.336 e. The molecule has 0 aliphatic heterocycles. The first-order valence-corrected chi connectivity index (χ1v) is 5.20. The summed E-state index contributed by atoms with van der Waals surface area (Å²) in [6.45, 7) is 3.81. The molecule has 0 unspecified atom stereocenters. The van der Waals surface area contributed by atoms with Crippen LogP contribution in [-0.4, -0.2) is 17.7 Å². The van der Waals surface area contributed by atoms with Crippen molar-refractivity contribution in [3.8, 4) is 0 Å². The molecule has 3 heteroatoms. The second kappa shape index (κ2) is 9.77. The van der Waals surface area contributed by atoms with E-state index in [-0.39, 0.29) is 5.57 Å². The van der Waals surface area contributed by atoms with Gasteiger partial charge in [0.15, 0.2) is 0 Å². The van der Waals surface area contributed by atoms with Gasteiger partial charge in [-0.1, -0.05) is 43.3 Å². The molecule has 0 bridgehead atoms. The number of aliphatic hydroxyl groups excluding tert-OH is 1. The average Bonchev–Trinajstić information content (AvgIpc) is 2.37. The van der Waals surface area contributed by atoms with Crippen LogP contribution in [0.1, 0.15) is 20.3 Å². The standard InChI is InChI=1S/C7H12O3.C6H6/c1-3-4-10-7(9)6(2)5-8;1-2-4-6-5-3-1/h5,8H,3-4H2,1-2H3;1-6H. The molecule has 1 rings (SSSR count). The average molecular weight is 222 g/mol. The predicted octanol–water partition coefficient (Wildman–Crippen LogP) is 3.09. The number of hydrogen-bond acceptors (Lipinski definition) is 3. The summed E-state index contributed by atoms with van der Waals surface area (Å²) in [6.07, 6.45) is 1.54. The summed E-state index contributed by atoms with van der Waals surface area (Å²) in [6, 6.07) is 12.0. The summed E-state index contributed by atoms with van der Waals surface area (Å²) in [5, 5.41) is 8.34. The van der Waals surface area contributed by atoms with E-state index in [1.54, 1.807) is 0 Å². The van der Waals surface area contributed by atoms with E-state index in [0.717, 1.165) is 12.7 Å². The van der Waals surface area contributed by atoms with E-state index >= 15 is 0 Å². The van der Waals surface area contributed by atoms with Gasteiger partial charge >= 0.3 is 5.97 Å². The molecule has 1 aromatic rings. The highest BCUT2D eigenvalue weighted by atomic mass is 16.5. The van der Waals surface area contributed by atoms with Crippen LogP contribution in [0.15, 0.2) is 48.2 Å². The van der Waals surface area contributed by atoms with Gasteiger partial charge in [-0.3, -0.25) is 0 Å². The molecule has 0 saturated heterocycles. The van der Waals surface area contributed by atoms with Crippen LogP contribution in [0, 0.1) is 0 Å². The molecule has 0 amide bonds. The van der Waals surface area contributed by atoms with Gasteiger partial charge in [-0.2, -0.15) is 0 Å². The van der Waals surface area contributed by atoms with Crippen molar-refractivity contribution in [2.45, 2.75) is 20.3 Å². The monoisotopic (exact) mass is 222 g/mol. The highest BCUT2D eigenvalue weighted by Gasteiger charge is 2.03. The van der Waals surface area contributed by atoms with Crippen molar-refractivity contribution in [1.29, 1.82) is 0 Å². The lowest BCUT2D eigenvalue weighted by Crippen LogP contribution is -2.06. The molecule has 1 N–H and O–H groups in total. The molecule has 16 heavy (non-hydrogen) atoms. The molecule has 0 heterocycles. The van der Waals surface area contributed by atoms with Crippen molar-refractivity contribution in [2.24, 2.45) is 0 Å². The number of ether oxygens (including phenoxy) is 1. The second-order valence-corrected chi connectivity index (χ2v) is 3.10. The Morgan fingerprint density at radius 3 is 1.94 bits per heavy atom. The van der Waals surface area contributed by atoms with Gasteiger partial charge in [-0.15, -0.1) is 0 Å². The Labute approximate surface area is 96.4 Å². The van der Waals surface area contributed by atoms with Crippen molar-refractivity contribution >= 4 is 5.97 Å². The van der Waals surface area contributed by atoms with Crippen LogP contribution in [-0.2, 0) is 9.53 Å². The van der Waals surface area contributed by atoms with Gasteiger partial charge < -0.3 is 9.84 Å². The Bertz CT molecular complexity index is 278. The predicted molar refractivity (Wildman–Crippen MR) is 64.1 cm³/mol. The zero-order valence-corrected chi connectivity index (χ0v) is 9.72. The van der Waals surface area contributed by atoms with Crippen LogP contribution in [0.25, 0.3) is 0 Å². The molecular formula is C13H18O3. The molecule has 0 spiro atoms. The van der Waals surface area contributed by atoms with Crippen LogP contribution in [0.4, 0.5) is 0 Å². The number of carbonyl (C=O) groups excluding carboxylic acids is 1. The first-order chi connectivity index (χ1) is 7.72. The molecule has 3 nitrogen and oxygen atoms in total. The highest BCUT2D eigenvalue weighted by molar-refractivity contribution is 5.87. The Morgan fingerprint density at radius 2 is 1.62 bits per heavy atom. The van der Waals surface area contributed by atoms with E-state index in [9.17, 15) is 4.79 Å². The lowest BCUT2D eigenvalue weighted by Gasteiger charge is -2.00. The van der Waals surface area contributed by atoms with E-state index in [1.807, 2.05) is 43.3 Å². The smallest absolute Gasteiger partial charge is 0.336 e. The van der Waals surface area contributed by atoms with Crippen LogP contribution >= 0.6 is 0 Å². The maximum absolute atomic E-state index is 10.7. The number of esters is 1. The minimum absolute atomic E-state index is 0.230. The summed E-state index contributed by atoms with van der Waals surface area (Å²) >= 11 is 0. The first-order valence-electron chi connectivity index (χ1n) is 5.20. The van der Waals surface area contributed by atoms with Gasteiger partial charge in [0, 0.05) is 0 Å². The van der Waals surface area contributed by atoms with Crippen molar-refractivity contribution in [2.75, 3.05) is 6.61 Å². The summed E-state index contributed by atoms with van der Waals surface area (Å²) in [5.74, 6) is -0.454. The molecule has 0 saturated carbocycles. The van der Waals surface area contributed by atoms with E-state index in [4.69, 9.17) is 5.11 Å². The zero-order chi connectivity index (χ0) is 12.2. The first kappa shape index (κ1) is 14.2. The van der Waals surface area contributed by atoms with Gasteiger partial charge in [-0.05, 0) is 13.3 Å². The van der Waals surface area contributed by atoms with E-state index in [0.29, 0.717) is 6.61 Å². The topological polar surface area (TPSA) is 46.5 Å². The van der Waals surface area contributed by atoms with Crippen molar-refractivity contribution < 1.29 is 14.6 Å². The minimum atomic E-state index is -0.454. The quantitative estimate of drug-likeness (QED) is 0.485. The highest BCUT2D eigenvalue weighted by Crippen LogP contribution is 1.94. The second-order valence-electron chi connectivity index (χ2n) is 3.10. The fourth-order valence-corrected chi connectivity index (χ4v) is 0.746. The molecule has 0 aliphatic carbocycles. The number of carbonyl (C=O) groups is 1. The Kier molecular flexibility index (Phi) is 8.69. The van der Waals surface area contributed by atoms with Crippen molar-refractivity contribution in [1.82, 2.24) is 0 Å². The number of benzene rings is 1. The molecule has 0 aliphatic rings. The van der Waals surface area contributed by atoms with Crippen LogP contribution in [0.5, 0.6) is 0 Å².